The first-order chi connectivity index (χ1) is 8.49. The van der Waals surface area contributed by atoms with Crippen LogP contribution in [0.5, 0.6) is 0 Å². The van der Waals surface area contributed by atoms with Gasteiger partial charge < -0.3 is 5.32 Å². The molecule has 18 heavy (non-hydrogen) atoms. The van der Waals surface area contributed by atoms with Gasteiger partial charge in [0, 0.05) is 37.5 Å². The fourth-order valence-corrected chi connectivity index (χ4v) is 1.80. The number of rotatable bonds is 6. The van der Waals surface area contributed by atoms with Crippen molar-refractivity contribution in [1.29, 1.82) is 0 Å². The Balaban J connectivity index is 2.97. The number of anilines is 1. The van der Waals surface area contributed by atoms with E-state index in [0.717, 1.165) is 17.7 Å². The lowest BCUT2D eigenvalue weighted by atomic mass is 10.1. The van der Waals surface area contributed by atoms with Crippen molar-refractivity contribution < 1.29 is 4.92 Å². The van der Waals surface area contributed by atoms with Crippen molar-refractivity contribution in [3.63, 3.8) is 0 Å². The Hall–Kier alpha value is -1.62. The minimum Gasteiger partial charge on any atom is -0.388 e. The number of hydrogen-bond acceptors (Lipinski definition) is 4. The Kier molecular flexibility index (Phi) is 5.09. The van der Waals surface area contributed by atoms with Gasteiger partial charge in [0.2, 0.25) is 0 Å². The summed E-state index contributed by atoms with van der Waals surface area (Å²) < 4.78 is 0. The van der Waals surface area contributed by atoms with Crippen LogP contribution in [0.25, 0.3) is 0 Å². The Morgan fingerprint density at radius 2 is 2.17 bits per heavy atom. The SMILES string of the molecule is CCC(C)N(C)Cc1cc([N+](=O)[O-])ccc1NC. The quantitative estimate of drug-likeness (QED) is 0.624. The molecule has 1 aromatic carbocycles. The van der Waals surface area contributed by atoms with Crippen molar-refractivity contribution in [2.24, 2.45) is 0 Å². The van der Waals surface area contributed by atoms with E-state index in [4.69, 9.17) is 0 Å². The summed E-state index contributed by atoms with van der Waals surface area (Å²) in [7, 11) is 3.86. The van der Waals surface area contributed by atoms with E-state index in [9.17, 15) is 10.1 Å². The summed E-state index contributed by atoms with van der Waals surface area (Å²) in [5.41, 5.74) is 2.03. The second-order valence-corrected chi connectivity index (χ2v) is 4.52. The summed E-state index contributed by atoms with van der Waals surface area (Å²) in [5, 5.41) is 13.9. The fraction of sp³-hybridized carbons (Fsp3) is 0.538. The molecule has 1 atom stereocenters. The highest BCUT2D eigenvalue weighted by Crippen LogP contribution is 2.23. The minimum absolute atomic E-state index is 0.140. The number of nitrogens with one attached hydrogen (secondary N) is 1. The highest BCUT2D eigenvalue weighted by molar-refractivity contribution is 5.55. The molecule has 0 heterocycles. The Labute approximate surface area is 108 Å². The van der Waals surface area contributed by atoms with Crippen LogP contribution < -0.4 is 5.32 Å². The standard InChI is InChI=1S/C13H21N3O2/c1-5-10(2)15(4)9-11-8-12(16(17)18)6-7-13(11)14-3/h6-8,10,14H,5,9H2,1-4H3. The molecule has 0 aliphatic heterocycles. The van der Waals surface area contributed by atoms with Gasteiger partial charge in [0.25, 0.3) is 5.69 Å². The van der Waals surface area contributed by atoms with Gasteiger partial charge in [-0.1, -0.05) is 6.92 Å². The first kappa shape index (κ1) is 14.4. The molecule has 0 bridgehead atoms. The molecule has 100 valence electrons. The zero-order chi connectivity index (χ0) is 13.7. The average Bonchev–Trinajstić information content (AvgIpc) is 2.37. The average molecular weight is 251 g/mol. The highest BCUT2D eigenvalue weighted by atomic mass is 16.6. The van der Waals surface area contributed by atoms with E-state index in [2.05, 4.69) is 24.1 Å². The molecule has 0 amide bonds. The van der Waals surface area contributed by atoms with Crippen LogP contribution in [0.4, 0.5) is 11.4 Å². The van der Waals surface area contributed by atoms with Crippen LogP contribution in [0.3, 0.4) is 0 Å². The number of nitrogens with zero attached hydrogens (tertiary/aromatic N) is 2. The molecule has 0 aromatic heterocycles. The van der Waals surface area contributed by atoms with Crippen LogP contribution in [0.1, 0.15) is 25.8 Å². The molecular weight excluding hydrogens is 230 g/mol. The van der Waals surface area contributed by atoms with Crippen LogP contribution in [0.2, 0.25) is 0 Å². The van der Waals surface area contributed by atoms with Crippen molar-refractivity contribution in [1.82, 2.24) is 4.90 Å². The van der Waals surface area contributed by atoms with Crippen molar-refractivity contribution in [3.8, 4) is 0 Å². The third kappa shape index (κ3) is 3.43. The van der Waals surface area contributed by atoms with Gasteiger partial charge in [-0.25, -0.2) is 0 Å². The lowest BCUT2D eigenvalue weighted by molar-refractivity contribution is -0.384. The Morgan fingerprint density at radius 3 is 2.67 bits per heavy atom. The molecule has 1 N–H and O–H groups in total. The summed E-state index contributed by atoms with van der Waals surface area (Å²) in [4.78, 5) is 12.6. The third-order valence-electron chi connectivity index (χ3n) is 3.33. The third-order valence-corrected chi connectivity index (χ3v) is 3.33. The molecule has 0 aliphatic rings. The van der Waals surface area contributed by atoms with Gasteiger partial charge in [-0.3, -0.25) is 15.0 Å². The second kappa shape index (κ2) is 6.35. The lowest BCUT2D eigenvalue weighted by Gasteiger charge is -2.24. The number of non-ortho nitro benzene ring substituents is 1. The monoisotopic (exact) mass is 251 g/mol. The zero-order valence-corrected chi connectivity index (χ0v) is 11.4. The summed E-state index contributed by atoms with van der Waals surface area (Å²) >= 11 is 0. The predicted molar refractivity (Wildman–Crippen MR) is 73.9 cm³/mol. The van der Waals surface area contributed by atoms with E-state index >= 15 is 0 Å². The fourth-order valence-electron chi connectivity index (χ4n) is 1.80. The molecule has 1 unspecified atom stereocenters. The number of nitro benzene ring substituents is 1. The van der Waals surface area contributed by atoms with Gasteiger partial charge in [-0.2, -0.15) is 0 Å². The van der Waals surface area contributed by atoms with Crippen molar-refractivity contribution in [2.75, 3.05) is 19.4 Å². The molecule has 1 aromatic rings. The summed E-state index contributed by atoms with van der Waals surface area (Å²) in [5.74, 6) is 0. The van der Waals surface area contributed by atoms with Crippen LogP contribution in [-0.2, 0) is 6.54 Å². The van der Waals surface area contributed by atoms with Gasteiger partial charge in [-0.05, 0) is 32.0 Å². The molecule has 0 aliphatic carbocycles. The largest absolute Gasteiger partial charge is 0.388 e. The Morgan fingerprint density at radius 1 is 1.50 bits per heavy atom. The van der Waals surface area contributed by atoms with Crippen LogP contribution in [0, 0.1) is 10.1 Å². The maximum atomic E-state index is 10.8. The number of nitro groups is 1. The van der Waals surface area contributed by atoms with Gasteiger partial charge in [0.05, 0.1) is 4.92 Å². The summed E-state index contributed by atoms with van der Waals surface area (Å²) in [6.45, 7) is 4.98. The van der Waals surface area contributed by atoms with E-state index in [0.29, 0.717) is 12.6 Å². The Bertz CT molecular complexity index is 421. The minimum atomic E-state index is -0.355. The van der Waals surface area contributed by atoms with Gasteiger partial charge in [-0.15, -0.1) is 0 Å². The van der Waals surface area contributed by atoms with Crippen LogP contribution in [0.15, 0.2) is 18.2 Å². The maximum absolute atomic E-state index is 10.8. The van der Waals surface area contributed by atoms with E-state index in [1.54, 1.807) is 12.1 Å². The van der Waals surface area contributed by atoms with Crippen molar-refractivity contribution >= 4 is 11.4 Å². The first-order valence-corrected chi connectivity index (χ1v) is 6.14. The van der Waals surface area contributed by atoms with E-state index in [1.165, 1.54) is 6.07 Å². The van der Waals surface area contributed by atoms with E-state index in [-0.39, 0.29) is 10.6 Å². The molecule has 1 rings (SSSR count). The molecule has 0 radical (unpaired) electrons. The second-order valence-electron chi connectivity index (χ2n) is 4.52. The molecule has 0 fully saturated rings. The van der Waals surface area contributed by atoms with E-state index < -0.39 is 0 Å². The number of hydrogen-bond donors (Lipinski definition) is 1. The normalized spacial score (nSPS) is 12.5. The van der Waals surface area contributed by atoms with Gasteiger partial charge in [0.15, 0.2) is 0 Å². The molecule has 0 saturated carbocycles. The van der Waals surface area contributed by atoms with Gasteiger partial charge in [0.1, 0.15) is 0 Å². The smallest absolute Gasteiger partial charge is 0.269 e. The maximum Gasteiger partial charge on any atom is 0.269 e. The topological polar surface area (TPSA) is 58.4 Å². The first-order valence-electron chi connectivity index (χ1n) is 6.14. The molecule has 5 nitrogen and oxygen atoms in total. The van der Waals surface area contributed by atoms with E-state index in [1.807, 2.05) is 14.1 Å². The van der Waals surface area contributed by atoms with Crippen molar-refractivity contribution in [2.45, 2.75) is 32.9 Å². The number of benzene rings is 1. The highest BCUT2D eigenvalue weighted by Gasteiger charge is 2.13. The molecular formula is C13H21N3O2. The van der Waals surface area contributed by atoms with Crippen molar-refractivity contribution in [3.05, 3.63) is 33.9 Å². The lowest BCUT2D eigenvalue weighted by Crippen LogP contribution is -2.28. The molecule has 5 heteroatoms. The predicted octanol–water partition coefficient (Wildman–Crippen LogP) is 2.87. The molecule has 0 spiro atoms. The zero-order valence-electron chi connectivity index (χ0n) is 11.4. The van der Waals surface area contributed by atoms with Crippen LogP contribution in [-0.4, -0.2) is 30.0 Å². The summed E-state index contributed by atoms with van der Waals surface area (Å²) in [6.07, 6.45) is 1.06. The molecule has 0 saturated heterocycles. The summed E-state index contributed by atoms with van der Waals surface area (Å²) in [6, 6.07) is 5.38. The van der Waals surface area contributed by atoms with Gasteiger partial charge >= 0.3 is 0 Å². The van der Waals surface area contributed by atoms with Crippen LogP contribution >= 0.6 is 0 Å².